The molecule has 1 unspecified atom stereocenters. The van der Waals surface area contributed by atoms with E-state index in [9.17, 15) is 14.4 Å². The van der Waals surface area contributed by atoms with E-state index in [2.05, 4.69) is 5.32 Å². The maximum absolute atomic E-state index is 12.3. The first-order valence-electron chi connectivity index (χ1n) is 7.14. The summed E-state index contributed by atoms with van der Waals surface area (Å²) in [6.45, 7) is 6.07. The fourth-order valence-electron chi connectivity index (χ4n) is 2.29. The molecule has 1 aliphatic heterocycles. The maximum atomic E-state index is 12.3. The first-order chi connectivity index (χ1) is 9.64. The molecule has 1 saturated heterocycles. The Hall–Kier alpha value is -1.63. The lowest BCUT2D eigenvalue weighted by Gasteiger charge is -2.30. The fraction of sp³-hybridized carbons (Fsp3) is 0.786. The lowest BCUT2D eigenvalue weighted by molar-refractivity contribution is -0.147. The van der Waals surface area contributed by atoms with Crippen LogP contribution in [0.1, 0.15) is 40.0 Å². The van der Waals surface area contributed by atoms with E-state index in [0.717, 1.165) is 6.42 Å². The predicted octanol–water partition coefficient (Wildman–Crippen LogP) is -0.0247. The van der Waals surface area contributed by atoms with Gasteiger partial charge in [0.05, 0.1) is 0 Å². The molecule has 0 saturated carbocycles. The number of aliphatic carboxylic acids is 1. The molecule has 2 atom stereocenters. The summed E-state index contributed by atoms with van der Waals surface area (Å²) in [5.41, 5.74) is -0.539. The summed E-state index contributed by atoms with van der Waals surface area (Å²) in [6, 6.07) is -0.501. The zero-order chi connectivity index (χ0) is 16.2. The molecule has 0 aliphatic carbocycles. The number of carbonyl (C=O) groups is 3. The summed E-state index contributed by atoms with van der Waals surface area (Å²) in [4.78, 5) is 36.4. The van der Waals surface area contributed by atoms with Gasteiger partial charge in [-0.3, -0.25) is 9.59 Å². The Balaban J connectivity index is 2.53. The van der Waals surface area contributed by atoms with Gasteiger partial charge in [0.1, 0.15) is 6.04 Å². The number of nitrogens with one attached hydrogen (secondary N) is 1. The third-order valence-electron chi connectivity index (χ3n) is 3.46. The highest BCUT2D eigenvalue weighted by molar-refractivity contribution is 5.90. The second-order valence-electron chi connectivity index (χ2n) is 6.34. The highest BCUT2D eigenvalue weighted by Gasteiger charge is 2.38. The molecule has 21 heavy (non-hydrogen) atoms. The number of carbonyl (C=O) groups excluding carboxylic acids is 2. The Morgan fingerprint density at radius 1 is 1.33 bits per heavy atom. The number of aliphatic hydroxyl groups excluding tert-OH is 1. The number of nitrogens with zero attached hydrogens (tertiary/aromatic N) is 1. The van der Waals surface area contributed by atoms with E-state index < -0.39 is 23.5 Å². The van der Waals surface area contributed by atoms with E-state index >= 15 is 0 Å². The van der Waals surface area contributed by atoms with Crippen LogP contribution in [0.25, 0.3) is 0 Å². The van der Waals surface area contributed by atoms with Gasteiger partial charge < -0.3 is 20.4 Å². The van der Waals surface area contributed by atoms with Gasteiger partial charge in [-0.1, -0.05) is 20.8 Å². The summed E-state index contributed by atoms with van der Waals surface area (Å²) >= 11 is 0. The van der Waals surface area contributed by atoms with Gasteiger partial charge in [0.15, 0.2) is 6.10 Å². The molecule has 0 aromatic rings. The summed E-state index contributed by atoms with van der Waals surface area (Å²) in [5.74, 6) is -1.66. The Labute approximate surface area is 124 Å². The second kappa shape index (κ2) is 6.89. The van der Waals surface area contributed by atoms with E-state index in [1.807, 2.05) is 20.8 Å². The molecule has 1 rings (SSSR count). The highest BCUT2D eigenvalue weighted by atomic mass is 16.4. The lowest BCUT2D eigenvalue weighted by Crippen LogP contribution is -2.49. The first-order valence-corrected chi connectivity index (χ1v) is 7.14. The van der Waals surface area contributed by atoms with Gasteiger partial charge in [0, 0.05) is 24.9 Å². The van der Waals surface area contributed by atoms with Crippen LogP contribution in [0.2, 0.25) is 0 Å². The molecule has 1 aliphatic rings. The van der Waals surface area contributed by atoms with Crippen molar-refractivity contribution in [3.8, 4) is 0 Å². The van der Waals surface area contributed by atoms with Crippen LogP contribution in [-0.4, -0.2) is 58.1 Å². The smallest absolute Gasteiger partial charge is 0.332 e. The molecular weight excluding hydrogens is 276 g/mol. The van der Waals surface area contributed by atoms with Gasteiger partial charge in [0.25, 0.3) is 0 Å². The minimum atomic E-state index is -1.49. The molecule has 2 amide bonds. The molecule has 7 nitrogen and oxygen atoms in total. The van der Waals surface area contributed by atoms with Crippen molar-refractivity contribution in [2.75, 3.05) is 13.1 Å². The second-order valence-corrected chi connectivity index (χ2v) is 6.34. The summed E-state index contributed by atoms with van der Waals surface area (Å²) in [6.07, 6.45) is -0.158. The van der Waals surface area contributed by atoms with Crippen LogP contribution >= 0.6 is 0 Å². The largest absolute Gasteiger partial charge is 0.479 e. The van der Waals surface area contributed by atoms with Crippen molar-refractivity contribution >= 4 is 17.8 Å². The van der Waals surface area contributed by atoms with Crippen molar-refractivity contribution < 1.29 is 24.6 Å². The number of amides is 2. The number of carboxylic acids is 1. The molecule has 0 radical (unpaired) electrons. The van der Waals surface area contributed by atoms with Crippen LogP contribution in [-0.2, 0) is 14.4 Å². The van der Waals surface area contributed by atoms with Crippen molar-refractivity contribution in [3.05, 3.63) is 0 Å². The Kier molecular flexibility index (Phi) is 5.71. The number of likely N-dealkylation sites (tertiary alicyclic amines) is 1. The molecule has 7 heteroatoms. The summed E-state index contributed by atoms with van der Waals surface area (Å²) in [5, 5.41) is 20.3. The normalized spacial score (nSPS) is 20.2. The molecule has 1 fully saturated rings. The van der Waals surface area contributed by atoms with Crippen LogP contribution in [0, 0.1) is 5.41 Å². The summed E-state index contributed by atoms with van der Waals surface area (Å²) in [7, 11) is 0. The zero-order valence-corrected chi connectivity index (χ0v) is 12.8. The lowest BCUT2D eigenvalue weighted by atomic mass is 9.94. The van der Waals surface area contributed by atoms with E-state index in [1.54, 1.807) is 4.90 Å². The van der Waals surface area contributed by atoms with Gasteiger partial charge in [-0.2, -0.15) is 0 Å². The molecule has 120 valence electrons. The van der Waals surface area contributed by atoms with Crippen molar-refractivity contribution in [1.82, 2.24) is 10.2 Å². The quantitative estimate of drug-likeness (QED) is 0.661. The van der Waals surface area contributed by atoms with E-state index in [-0.39, 0.29) is 24.8 Å². The third kappa shape index (κ3) is 4.70. The van der Waals surface area contributed by atoms with Gasteiger partial charge in [-0.05, 0) is 12.8 Å². The molecule has 0 aromatic heterocycles. The van der Waals surface area contributed by atoms with Crippen LogP contribution in [0.5, 0.6) is 0 Å². The zero-order valence-electron chi connectivity index (χ0n) is 12.8. The van der Waals surface area contributed by atoms with Crippen molar-refractivity contribution in [1.29, 1.82) is 0 Å². The number of rotatable bonds is 5. The summed E-state index contributed by atoms with van der Waals surface area (Å²) < 4.78 is 0. The SMILES string of the molecule is CC(C)(C)C(=O)N1CCCC1C(=O)NCC[C@H](O)C(=O)O. The number of aliphatic hydroxyl groups is 1. The van der Waals surface area contributed by atoms with Crippen molar-refractivity contribution in [2.24, 2.45) is 5.41 Å². The number of hydrogen-bond acceptors (Lipinski definition) is 4. The molecular formula is C14H24N2O5. The van der Waals surface area contributed by atoms with E-state index in [1.165, 1.54) is 0 Å². The fourth-order valence-corrected chi connectivity index (χ4v) is 2.29. The Morgan fingerprint density at radius 2 is 1.95 bits per heavy atom. The predicted molar refractivity (Wildman–Crippen MR) is 75.5 cm³/mol. The molecule has 0 spiro atoms. The van der Waals surface area contributed by atoms with Crippen LogP contribution in [0.3, 0.4) is 0 Å². The molecule has 1 heterocycles. The third-order valence-corrected chi connectivity index (χ3v) is 3.46. The first kappa shape index (κ1) is 17.4. The monoisotopic (exact) mass is 300 g/mol. The van der Waals surface area contributed by atoms with Crippen LogP contribution in [0.4, 0.5) is 0 Å². The van der Waals surface area contributed by atoms with Gasteiger partial charge in [-0.25, -0.2) is 4.79 Å². The van der Waals surface area contributed by atoms with Crippen LogP contribution < -0.4 is 5.32 Å². The number of carboxylic acid groups (broad SMARTS) is 1. The average Bonchev–Trinajstić information content (AvgIpc) is 2.85. The Bertz CT molecular complexity index is 416. The van der Waals surface area contributed by atoms with Gasteiger partial charge in [0.2, 0.25) is 11.8 Å². The standard InChI is InChI=1S/C14H24N2O5/c1-14(2,3)13(21)16-8-4-5-9(16)11(18)15-7-6-10(17)12(19)20/h9-10,17H,4-8H2,1-3H3,(H,15,18)(H,19,20)/t9?,10-/m0/s1. The molecule has 0 aromatic carbocycles. The minimum absolute atomic E-state index is 0.0546. The van der Waals surface area contributed by atoms with Crippen molar-refractivity contribution in [2.45, 2.75) is 52.2 Å². The molecule has 3 N–H and O–H groups in total. The van der Waals surface area contributed by atoms with Gasteiger partial charge in [-0.15, -0.1) is 0 Å². The van der Waals surface area contributed by atoms with Crippen LogP contribution in [0.15, 0.2) is 0 Å². The topological polar surface area (TPSA) is 107 Å². The van der Waals surface area contributed by atoms with E-state index in [4.69, 9.17) is 10.2 Å². The molecule has 0 bridgehead atoms. The van der Waals surface area contributed by atoms with Crippen molar-refractivity contribution in [3.63, 3.8) is 0 Å². The maximum Gasteiger partial charge on any atom is 0.332 e. The number of hydrogen-bond donors (Lipinski definition) is 3. The van der Waals surface area contributed by atoms with Gasteiger partial charge >= 0.3 is 5.97 Å². The highest BCUT2D eigenvalue weighted by Crippen LogP contribution is 2.25. The Morgan fingerprint density at radius 3 is 2.48 bits per heavy atom. The van der Waals surface area contributed by atoms with E-state index in [0.29, 0.717) is 13.0 Å². The average molecular weight is 300 g/mol. The minimum Gasteiger partial charge on any atom is -0.479 e.